The predicted molar refractivity (Wildman–Crippen MR) is 93.0 cm³/mol. The summed E-state index contributed by atoms with van der Waals surface area (Å²) in [6.07, 6.45) is 1.27. The Labute approximate surface area is 153 Å². The average molecular weight is 376 g/mol. The summed E-state index contributed by atoms with van der Waals surface area (Å²) in [5, 5.41) is 36.4. The van der Waals surface area contributed by atoms with E-state index in [-0.39, 0.29) is 12.0 Å². The Bertz CT molecular complexity index is 876. The Morgan fingerprint density at radius 2 is 2.07 bits per heavy atom. The highest BCUT2D eigenvalue weighted by Gasteiger charge is 2.44. The number of aliphatic hydroxyl groups is 3. The zero-order valence-electron chi connectivity index (χ0n) is 14.4. The van der Waals surface area contributed by atoms with Gasteiger partial charge in [0.25, 0.3) is 0 Å². The summed E-state index contributed by atoms with van der Waals surface area (Å²) in [6, 6.07) is 0.251. The van der Waals surface area contributed by atoms with E-state index >= 15 is 0 Å². The number of nitrogens with one attached hydrogen (secondary N) is 1. The Kier molecular flexibility index (Phi) is 4.81. The van der Waals surface area contributed by atoms with Gasteiger partial charge in [-0.15, -0.1) is 0 Å². The zero-order chi connectivity index (χ0) is 19.0. The first-order valence-corrected chi connectivity index (χ1v) is 8.81. The minimum Gasteiger partial charge on any atom is -0.394 e. The van der Waals surface area contributed by atoms with E-state index in [1.165, 1.54) is 10.9 Å². The molecule has 12 nitrogen and oxygen atoms in total. The van der Waals surface area contributed by atoms with Crippen LogP contribution in [-0.2, 0) is 4.74 Å². The van der Waals surface area contributed by atoms with Crippen LogP contribution in [0.2, 0.25) is 0 Å². The third kappa shape index (κ3) is 3.17. The average Bonchev–Trinajstić information content (AvgIpc) is 3.37. The molecule has 144 valence electrons. The molecule has 0 amide bonds. The van der Waals surface area contributed by atoms with Crippen molar-refractivity contribution in [3.63, 3.8) is 0 Å². The molecule has 0 radical (unpaired) electrons. The molecule has 0 spiro atoms. The second kappa shape index (κ2) is 7.25. The quantitative estimate of drug-likeness (QED) is 0.335. The molecule has 27 heavy (non-hydrogen) atoms. The maximum absolute atomic E-state index is 10.3. The smallest absolute Gasteiger partial charge is 0.220 e. The van der Waals surface area contributed by atoms with Crippen LogP contribution >= 0.6 is 0 Å². The first-order valence-electron chi connectivity index (χ1n) is 8.81. The summed E-state index contributed by atoms with van der Waals surface area (Å²) in [7, 11) is 0. The number of anilines is 1. The number of rotatable bonds is 5. The molecular formula is C15H20N8O4. The van der Waals surface area contributed by atoms with Crippen LogP contribution in [0.4, 0.5) is 11.8 Å². The maximum atomic E-state index is 10.3. The van der Waals surface area contributed by atoms with Gasteiger partial charge in [-0.1, -0.05) is 12.8 Å². The van der Waals surface area contributed by atoms with Gasteiger partial charge < -0.3 is 25.4 Å². The molecule has 4 rings (SSSR count). The molecule has 4 N–H and O–H groups in total. The van der Waals surface area contributed by atoms with Gasteiger partial charge in [-0.05, 0) is 23.5 Å². The summed E-state index contributed by atoms with van der Waals surface area (Å²) in [4.78, 5) is 15.5. The molecule has 2 aromatic heterocycles. The summed E-state index contributed by atoms with van der Waals surface area (Å²) >= 11 is 0. The molecule has 1 saturated carbocycles. The lowest BCUT2D eigenvalue weighted by molar-refractivity contribution is -0.0511. The molecule has 0 unspecified atom stereocenters. The first-order chi connectivity index (χ1) is 13.1. The Morgan fingerprint density at radius 3 is 2.74 bits per heavy atom. The molecule has 2 aliphatic rings. The van der Waals surface area contributed by atoms with Gasteiger partial charge >= 0.3 is 0 Å². The maximum Gasteiger partial charge on any atom is 0.220 e. The molecule has 4 atom stereocenters. The van der Waals surface area contributed by atoms with Crippen molar-refractivity contribution in [2.75, 3.05) is 11.9 Å². The van der Waals surface area contributed by atoms with Gasteiger partial charge in [-0.25, -0.2) is 15.0 Å². The van der Waals surface area contributed by atoms with Gasteiger partial charge in [0.2, 0.25) is 5.95 Å². The minimum absolute atomic E-state index is 0.0843. The fourth-order valence-corrected chi connectivity index (χ4v) is 3.65. The highest BCUT2D eigenvalue weighted by molar-refractivity contribution is 5.84. The van der Waals surface area contributed by atoms with Crippen LogP contribution in [0.15, 0.2) is 11.4 Å². The van der Waals surface area contributed by atoms with E-state index in [1.807, 2.05) is 0 Å². The van der Waals surface area contributed by atoms with Crippen LogP contribution in [0.5, 0.6) is 0 Å². The van der Waals surface area contributed by atoms with Crippen molar-refractivity contribution in [3.8, 4) is 0 Å². The van der Waals surface area contributed by atoms with E-state index < -0.39 is 31.1 Å². The van der Waals surface area contributed by atoms with Crippen molar-refractivity contribution in [1.29, 1.82) is 0 Å². The number of hydrogen-bond acceptors (Lipinski definition) is 9. The van der Waals surface area contributed by atoms with Gasteiger partial charge in [0, 0.05) is 11.0 Å². The third-order valence-electron chi connectivity index (χ3n) is 5.03. The van der Waals surface area contributed by atoms with Crippen molar-refractivity contribution < 1.29 is 20.1 Å². The highest BCUT2D eigenvalue weighted by Crippen LogP contribution is 2.33. The molecule has 0 aromatic carbocycles. The minimum atomic E-state index is -1.27. The molecule has 1 aliphatic heterocycles. The summed E-state index contributed by atoms with van der Waals surface area (Å²) < 4.78 is 6.99. The number of fused-ring (bicyclic) bond motifs is 1. The molecule has 12 heteroatoms. The summed E-state index contributed by atoms with van der Waals surface area (Å²) in [6.45, 7) is -0.436. The molecule has 2 aromatic rings. The fourth-order valence-electron chi connectivity index (χ4n) is 3.65. The Balaban J connectivity index is 1.76. The van der Waals surface area contributed by atoms with Crippen molar-refractivity contribution in [2.24, 2.45) is 5.11 Å². The second-order valence-corrected chi connectivity index (χ2v) is 6.74. The van der Waals surface area contributed by atoms with Crippen LogP contribution in [0.25, 0.3) is 21.6 Å². The topological polar surface area (TPSA) is 174 Å². The largest absolute Gasteiger partial charge is 0.394 e. The van der Waals surface area contributed by atoms with Crippen LogP contribution in [0, 0.1) is 0 Å². The second-order valence-electron chi connectivity index (χ2n) is 6.74. The highest BCUT2D eigenvalue weighted by atomic mass is 16.6. The van der Waals surface area contributed by atoms with Crippen molar-refractivity contribution in [2.45, 2.75) is 56.3 Å². The lowest BCUT2D eigenvalue weighted by atomic mass is 10.1. The SMILES string of the molecule is [N-]=[N+]=Nc1nc(NC2CCCC2)c2ncn([C@@H]3O[C@H](CO)[C@@H](O)[C@H]3O)c2n1. The zero-order valence-corrected chi connectivity index (χ0v) is 14.4. The van der Waals surface area contributed by atoms with Gasteiger partial charge in [-0.3, -0.25) is 4.57 Å². The molecule has 0 bridgehead atoms. The Hall–Kier alpha value is -2.50. The molecular weight excluding hydrogens is 356 g/mol. The van der Waals surface area contributed by atoms with E-state index in [9.17, 15) is 15.3 Å². The van der Waals surface area contributed by atoms with Crippen LogP contribution < -0.4 is 5.32 Å². The normalized spacial score (nSPS) is 28.6. The van der Waals surface area contributed by atoms with Gasteiger partial charge in [0.1, 0.15) is 18.3 Å². The number of hydrogen-bond donors (Lipinski definition) is 4. The van der Waals surface area contributed by atoms with Crippen molar-refractivity contribution in [1.82, 2.24) is 19.5 Å². The van der Waals surface area contributed by atoms with Crippen LogP contribution in [-0.4, -0.2) is 65.8 Å². The van der Waals surface area contributed by atoms with Gasteiger partial charge in [-0.2, -0.15) is 0 Å². The number of nitrogens with zero attached hydrogens (tertiary/aromatic N) is 7. The van der Waals surface area contributed by atoms with Gasteiger partial charge in [0.05, 0.1) is 12.9 Å². The molecule has 1 saturated heterocycles. The number of azide groups is 1. The van der Waals surface area contributed by atoms with E-state index in [2.05, 4.69) is 30.3 Å². The number of aromatic nitrogens is 4. The van der Waals surface area contributed by atoms with E-state index in [4.69, 9.17) is 10.3 Å². The number of aliphatic hydroxyl groups excluding tert-OH is 3. The summed E-state index contributed by atoms with van der Waals surface area (Å²) in [5.74, 6) is 0.360. The summed E-state index contributed by atoms with van der Waals surface area (Å²) in [5.41, 5.74) is 9.49. The van der Waals surface area contributed by atoms with E-state index in [0.717, 1.165) is 25.7 Å². The monoisotopic (exact) mass is 376 g/mol. The van der Waals surface area contributed by atoms with Crippen LogP contribution in [0.3, 0.4) is 0 Å². The third-order valence-corrected chi connectivity index (χ3v) is 5.03. The Morgan fingerprint density at radius 1 is 1.30 bits per heavy atom. The molecule has 1 aliphatic carbocycles. The number of ether oxygens (including phenoxy) is 1. The van der Waals surface area contributed by atoms with Gasteiger partial charge in [0.15, 0.2) is 23.2 Å². The lowest BCUT2D eigenvalue weighted by Gasteiger charge is -2.17. The predicted octanol–water partition coefficient (Wildman–Crippen LogP) is 0.734. The molecule has 3 heterocycles. The fraction of sp³-hybridized carbons (Fsp3) is 0.667. The van der Waals surface area contributed by atoms with E-state index in [0.29, 0.717) is 17.0 Å². The van der Waals surface area contributed by atoms with Crippen LogP contribution in [0.1, 0.15) is 31.9 Å². The molecule has 2 fully saturated rings. The van der Waals surface area contributed by atoms with E-state index in [1.54, 1.807) is 0 Å². The standard InChI is InChI=1S/C15H20N8O4/c16-22-21-15-19-12(18-7-3-1-2-4-7)9-13(20-15)23(6-17-9)14-11(26)10(25)8(5-24)27-14/h6-8,10-11,14,24-26H,1-5H2,(H,18,19,20)/t8-,10-,11-,14-/m1/s1. The van der Waals surface area contributed by atoms with Crippen molar-refractivity contribution >= 4 is 22.9 Å². The lowest BCUT2D eigenvalue weighted by Crippen LogP contribution is -2.33. The number of imidazole rings is 1. The first kappa shape index (κ1) is 17.9. The van der Waals surface area contributed by atoms with Crippen molar-refractivity contribution in [3.05, 3.63) is 16.8 Å².